The summed E-state index contributed by atoms with van der Waals surface area (Å²) in [4.78, 5) is 7.54. The lowest BCUT2D eigenvalue weighted by atomic mass is 10.5. The molecule has 2 N–H and O–H groups in total. The van der Waals surface area contributed by atoms with Crippen molar-refractivity contribution in [2.75, 3.05) is 18.5 Å². The second-order valence-corrected chi connectivity index (χ2v) is 2.20. The molecule has 1 rings (SSSR count). The fourth-order valence-corrected chi connectivity index (χ4v) is 0.765. The maximum atomic E-state index is 8.46. The second-order valence-electron chi connectivity index (χ2n) is 1.86. The van der Waals surface area contributed by atoms with Gasteiger partial charge in [-0.05, 0) is 17.7 Å². The standard InChI is InChI=1S/C6H8ClN3O.ClH/c7-6-9-2-1-5(10-6)8-3-4-11;/h1-2,11H,3-4H2,(H,8,9,10);1H/p-1. The largest absolute Gasteiger partial charge is 1.00 e. The summed E-state index contributed by atoms with van der Waals surface area (Å²) in [6.45, 7) is 0.537. The van der Waals surface area contributed by atoms with Crippen molar-refractivity contribution in [2.24, 2.45) is 0 Å². The molecular weight excluding hydrogens is 201 g/mol. The molecule has 0 aliphatic heterocycles. The third-order valence-corrected chi connectivity index (χ3v) is 1.23. The number of nitrogens with one attached hydrogen (secondary N) is 1. The van der Waals surface area contributed by atoms with E-state index in [0.29, 0.717) is 12.4 Å². The Kier molecular flexibility index (Phi) is 5.70. The first-order valence-electron chi connectivity index (χ1n) is 3.16. The van der Waals surface area contributed by atoms with Crippen molar-refractivity contribution in [3.63, 3.8) is 0 Å². The number of halogens is 2. The first-order valence-corrected chi connectivity index (χ1v) is 3.54. The van der Waals surface area contributed by atoms with Crippen LogP contribution in [0, 0.1) is 0 Å². The summed E-state index contributed by atoms with van der Waals surface area (Å²) in [5, 5.41) is 11.5. The van der Waals surface area contributed by atoms with Gasteiger partial charge >= 0.3 is 0 Å². The minimum atomic E-state index is 0. The van der Waals surface area contributed by atoms with Crippen LogP contribution in [0.5, 0.6) is 0 Å². The highest BCUT2D eigenvalue weighted by Crippen LogP contribution is 2.04. The minimum Gasteiger partial charge on any atom is -1.00 e. The number of aliphatic hydroxyl groups excluding tert-OH is 1. The Balaban J connectivity index is 0.00000121. The van der Waals surface area contributed by atoms with Crippen molar-refractivity contribution < 1.29 is 17.5 Å². The molecule has 4 nitrogen and oxygen atoms in total. The molecule has 0 spiro atoms. The molecule has 0 aromatic carbocycles. The molecule has 0 aliphatic rings. The van der Waals surface area contributed by atoms with Gasteiger partial charge in [-0.15, -0.1) is 0 Å². The van der Waals surface area contributed by atoms with Crippen molar-refractivity contribution in [3.8, 4) is 0 Å². The number of hydrogen-bond acceptors (Lipinski definition) is 4. The average molecular weight is 209 g/mol. The van der Waals surface area contributed by atoms with Crippen LogP contribution in [0.15, 0.2) is 12.3 Å². The van der Waals surface area contributed by atoms with Crippen molar-refractivity contribution in [2.45, 2.75) is 0 Å². The van der Waals surface area contributed by atoms with E-state index in [9.17, 15) is 0 Å². The number of aromatic nitrogens is 2. The zero-order valence-electron chi connectivity index (χ0n) is 6.17. The van der Waals surface area contributed by atoms with E-state index in [1.807, 2.05) is 0 Å². The molecule has 1 heterocycles. The lowest BCUT2D eigenvalue weighted by molar-refractivity contribution is -0.00000339. The van der Waals surface area contributed by atoms with E-state index in [2.05, 4.69) is 15.3 Å². The molecule has 0 aliphatic carbocycles. The van der Waals surface area contributed by atoms with Gasteiger partial charge < -0.3 is 22.8 Å². The van der Waals surface area contributed by atoms with Crippen LogP contribution in [0.25, 0.3) is 0 Å². The van der Waals surface area contributed by atoms with Gasteiger partial charge in [-0.3, -0.25) is 0 Å². The molecule has 12 heavy (non-hydrogen) atoms. The van der Waals surface area contributed by atoms with Crippen LogP contribution in [-0.2, 0) is 0 Å². The average Bonchev–Trinajstić information content (AvgIpc) is 2.01. The molecule has 0 fully saturated rings. The van der Waals surface area contributed by atoms with Gasteiger partial charge in [0.1, 0.15) is 5.82 Å². The van der Waals surface area contributed by atoms with E-state index in [1.54, 1.807) is 12.3 Å². The lowest BCUT2D eigenvalue weighted by Gasteiger charge is -2.01. The van der Waals surface area contributed by atoms with E-state index in [0.717, 1.165) is 0 Å². The summed E-state index contributed by atoms with van der Waals surface area (Å²) in [5.74, 6) is 0.624. The van der Waals surface area contributed by atoms with Gasteiger partial charge in [0, 0.05) is 12.7 Å². The van der Waals surface area contributed by atoms with Crippen LogP contribution in [0.1, 0.15) is 0 Å². The van der Waals surface area contributed by atoms with Crippen LogP contribution in [0.2, 0.25) is 5.28 Å². The van der Waals surface area contributed by atoms with Gasteiger partial charge in [0.05, 0.1) is 6.61 Å². The Morgan fingerprint density at radius 3 is 2.92 bits per heavy atom. The maximum Gasteiger partial charge on any atom is 0.224 e. The van der Waals surface area contributed by atoms with Gasteiger partial charge in [-0.25, -0.2) is 9.97 Å². The fraction of sp³-hybridized carbons (Fsp3) is 0.333. The highest BCUT2D eigenvalue weighted by atomic mass is 35.5. The normalized spacial score (nSPS) is 8.83. The molecule has 0 amide bonds. The monoisotopic (exact) mass is 208 g/mol. The van der Waals surface area contributed by atoms with Gasteiger partial charge in [0.25, 0.3) is 0 Å². The Morgan fingerprint density at radius 1 is 1.58 bits per heavy atom. The Bertz CT molecular complexity index is 234. The van der Waals surface area contributed by atoms with Crippen molar-refractivity contribution in [3.05, 3.63) is 17.5 Å². The molecule has 0 unspecified atom stereocenters. The number of nitrogens with zero attached hydrogens (tertiary/aromatic N) is 2. The quantitative estimate of drug-likeness (QED) is 0.542. The smallest absolute Gasteiger partial charge is 0.224 e. The van der Waals surface area contributed by atoms with Crippen LogP contribution in [0.4, 0.5) is 5.82 Å². The van der Waals surface area contributed by atoms with E-state index in [1.165, 1.54) is 0 Å². The molecule has 1 aromatic heterocycles. The SMILES string of the molecule is OCCNc1ccnc(Cl)n1.[Cl-]. The van der Waals surface area contributed by atoms with Crippen LogP contribution < -0.4 is 17.7 Å². The first kappa shape index (κ1) is 11.4. The topological polar surface area (TPSA) is 58.0 Å². The molecule has 0 saturated carbocycles. The maximum absolute atomic E-state index is 8.46. The summed E-state index contributed by atoms with van der Waals surface area (Å²) in [5.41, 5.74) is 0. The third-order valence-electron chi connectivity index (χ3n) is 1.04. The molecule has 68 valence electrons. The molecule has 1 aromatic rings. The highest BCUT2D eigenvalue weighted by molar-refractivity contribution is 6.28. The molecule has 0 bridgehead atoms. The molecule has 0 atom stereocenters. The van der Waals surface area contributed by atoms with Gasteiger partial charge in [-0.2, -0.15) is 0 Å². The number of hydrogen-bond donors (Lipinski definition) is 2. The highest BCUT2D eigenvalue weighted by Gasteiger charge is 1.93. The Morgan fingerprint density at radius 2 is 2.33 bits per heavy atom. The van der Waals surface area contributed by atoms with Crippen LogP contribution in [-0.4, -0.2) is 28.2 Å². The lowest BCUT2D eigenvalue weighted by Crippen LogP contribution is -3.00. The first-order chi connectivity index (χ1) is 5.33. The second kappa shape index (κ2) is 5.99. The summed E-state index contributed by atoms with van der Waals surface area (Å²) in [6.07, 6.45) is 1.55. The molecule has 6 heteroatoms. The summed E-state index contributed by atoms with van der Waals surface area (Å²) in [7, 11) is 0. The fourth-order valence-electron chi connectivity index (χ4n) is 0.617. The summed E-state index contributed by atoms with van der Waals surface area (Å²) < 4.78 is 0. The van der Waals surface area contributed by atoms with Crippen LogP contribution >= 0.6 is 11.6 Å². The van der Waals surface area contributed by atoms with Crippen molar-refractivity contribution in [1.29, 1.82) is 0 Å². The van der Waals surface area contributed by atoms with E-state index < -0.39 is 0 Å². The number of anilines is 1. The zero-order chi connectivity index (χ0) is 8.10. The summed E-state index contributed by atoms with van der Waals surface area (Å²) in [6, 6.07) is 1.68. The van der Waals surface area contributed by atoms with Crippen molar-refractivity contribution in [1.82, 2.24) is 9.97 Å². The number of rotatable bonds is 3. The van der Waals surface area contributed by atoms with Gasteiger partial charge in [0.15, 0.2) is 0 Å². The van der Waals surface area contributed by atoms with E-state index in [4.69, 9.17) is 16.7 Å². The van der Waals surface area contributed by atoms with Crippen LogP contribution in [0.3, 0.4) is 0 Å². The Labute approximate surface area is 81.4 Å². The van der Waals surface area contributed by atoms with E-state index >= 15 is 0 Å². The predicted molar refractivity (Wildman–Crippen MR) is 42.6 cm³/mol. The molecular formula is C6H8Cl2N3O-. The minimum absolute atomic E-state index is 0. The van der Waals surface area contributed by atoms with Gasteiger partial charge in [0.2, 0.25) is 5.28 Å². The van der Waals surface area contributed by atoms with E-state index in [-0.39, 0.29) is 24.3 Å². The predicted octanol–water partition coefficient (Wildman–Crippen LogP) is -2.46. The number of aliphatic hydroxyl groups is 1. The summed E-state index contributed by atoms with van der Waals surface area (Å²) >= 11 is 5.50. The Hall–Kier alpha value is -0.580. The molecule has 0 radical (unpaired) electrons. The van der Waals surface area contributed by atoms with Gasteiger partial charge in [-0.1, -0.05) is 0 Å². The third kappa shape index (κ3) is 3.71. The zero-order valence-corrected chi connectivity index (χ0v) is 7.68. The van der Waals surface area contributed by atoms with Crippen molar-refractivity contribution >= 4 is 17.4 Å². The molecule has 0 saturated heterocycles.